The lowest BCUT2D eigenvalue weighted by molar-refractivity contribution is -0.137. The molecule has 0 atom stereocenters. The molecule has 0 aliphatic rings. The number of urea groups is 1. The van der Waals surface area contributed by atoms with Gasteiger partial charge in [0.25, 0.3) is 0 Å². The number of carbonyl (C=O) groups excluding carboxylic acids is 1. The minimum absolute atomic E-state index is 0.169. The first kappa shape index (κ1) is 16.7. The average molecular weight is 366 g/mol. The molecule has 0 aliphatic carbocycles. The highest BCUT2D eigenvalue weighted by Crippen LogP contribution is 2.25. The Morgan fingerprint density at radius 1 is 1.50 bits per heavy atom. The Kier molecular flexibility index (Phi) is 6.77. The Hall–Kier alpha value is -1.31. The number of nitrogens with one attached hydrogen (secondary N) is 1. The van der Waals surface area contributed by atoms with Gasteiger partial charge < -0.3 is 20.1 Å². The van der Waals surface area contributed by atoms with E-state index in [0.717, 1.165) is 9.37 Å². The van der Waals surface area contributed by atoms with Crippen molar-refractivity contribution in [3.8, 4) is 0 Å². The zero-order valence-electron chi connectivity index (χ0n) is 10.7. The minimum atomic E-state index is -1.10. The molecular formula is C12H14BrClN2O4. The van der Waals surface area contributed by atoms with E-state index < -0.39 is 18.5 Å². The molecule has 6 nitrogen and oxygen atoms in total. The van der Waals surface area contributed by atoms with Crippen molar-refractivity contribution >= 4 is 45.2 Å². The van der Waals surface area contributed by atoms with Crippen molar-refractivity contribution < 1.29 is 19.4 Å². The summed E-state index contributed by atoms with van der Waals surface area (Å²) in [7, 11) is 1.47. The van der Waals surface area contributed by atoms with Crippen LogP contribution in [0.2, 0.25) is 5.02 Å². The number of methoxy groups -OCH3 is 1. The van der Waals surface area contributed by atoms with Gasteiger partial charge in [-0.1, -0.05) is 27.5 Å². The molecule has 110 valence electrons. The lowest BCUT2D eigenvalue weighted by Crippen LogP contribution is -2.40. The average Bonchev–Trinajstić information content (AvgIpc) is 2.37. The lowest BCUT2D eigenvalue weighted by Gasteiger charge is -2.21. The van der Waals surface area contributed by atoms with Crippen LogP contribution in [-0.2, 0) is 9.53 Å². The SMILES string of the molecule is COCCN(CC(=O)O)C(=O)Nc1ccc(Br)cc1Cl. The Balaban J connectivity index is 2.76. The fourth-order valence-corrected chi connectivity index (χ4v) is 2.12. The molecule has 2 amide bonds. The maximum absolute atomic E-state index is 12.0. The first-order chi connectivity index (χ1) is 9.43. The number of aliphatic carboxylic acids is 1. The van der Waals surface area contributed by atoms with E-state index in [1.165, 1.54) is 7.11 Å². The van der Waals surface area contributed by atoms with Gasteiger partial charge in [-0.3, -0.25) is 4.79 Å². The zero-order valence-corrected chi connectivity index (χ0v) is 13.1. The zero-order chi connectivity index (χ0) is 15.1. The molecule has 0 radical (unpaired) electrons. The molecule has 20 heavy (non-hydrogen) atoms. The van der Waals surface area contributed by atoms with Gasteiger partial charge in [0.15, 0.2) is 0 Å². The van der Waals surface area contributed by atoms with Crippen LogP contribution in [0.15, 0.2) is 22.7 Å². The summed E-state index contributed by atoms with van der Waals surface area (Å²) < 4.78 is 5.63. The number of carbonyl (C=O) groups is 2. The maximum atomic E-state index is 12.0. The predicted molar refractivity (Wildman–Crippen MR) is 79.3 cm³/mol. The van der Waals surface area contributed by atoms with E-state index in [1.807, 2.05) is 0 Å². The molecule has 1 aromatic rings. The van der Waals surface area contributed by atoms with Crippen molar-refractivity contribution in [3.63, 3.8) is 0 Å². The smallest absolute Gasteiger partial charge is 0.323 e. The molecule has 0 bridgehead atoms. The van der Waals surface area contributed by atoms with Gasteiger partial charge in [0.1, 0.15) is 6.54 Å². The van der Waals surface area contributed by atoms with E-state index in [4.69, 9.17) is 21.4 Å². The lowest BCUT2D eigenvalue weighted by atomic mass is 10.3. The molecule has 0 aliphatic heterocycles. The minimum Gasteiger partial charge on any atom is -0.480 e. The number of halogens is 2. The highest BCUT2D eigenvalue weighted by atomic mass is 79.9. The van der Waals surface area contributed by atoms with Gasteiger partial charge in [-0.2, -0.15) is 0 Å². The number of hydrogen-bond donors (Lipinski definition) is 2. The van der Waals surface area contributed by atoms with Crippen molar-refractivity contribution in [2.24, 2.45) is 0 Å². The van der Waals surface area contributed by atoms with Crippen molar-refractivity contribution in [2.75, 3.05) is 32.1 Å². The Labute approximate surface area is 129 Å². The van der Waals surface area contributed by atoms with Crippen molar-refractivity contribution in [3.05, 3.63) is 27.7 Å². The van der Waals surface area contributed by atoms with Crippen molar-refractivity contribution in [2.45, 2.75) is 0 Å². The molecule has 8 heteroatoms. The van der Waals surface area contributed by atoms with Gasteiger partial charge in [-0.05, 0) is 18.2 Å². The van der Waals surface area contributed by atoms with Crippen LogP contribution in [-0.4, -0.2) is 48.8 Å². The van der Waals surface area contributed by atoms with E-state index in [-0.39, 0.29) is 13.2 Å². The summed E-state index contributed by atoms with van der Waals surface area (Å²) in [6.07, 6.45) is 0. The molecule has 0 fully saturated rings. The molecule has 0 spiro atoms. The van der Waals surface area contributed by atoms with Crippen LogP contribution in [0, 0.1) is 0 Å². The number of rotatable bonds is 6. The normalized spacial score (nSPS) is 10.2. The number of ether oxygens (including phenoxy) is 1. The molecule has 2 N–H and O–H groups in total. The van der Waals surface area contributed by atoms with E-state index in [1.54, 1.807) is 18.2 Å². The van der Waals surface area contributed by atoms with E-state index >= 15 is 0 Å². The van der Waals surface area contributed by atoms with Crippen molar-refractivity contribution in [1.82, 2.24) is 4.90 Å². The predicted octanol–water partition coefficient (Wildman–Crippen LogP) is 2.67. The molecule has 1 rings (SSSR count). The third-order valence-electron chi connectivity index (χ3n) is 2.35. The first-order valence-corrected chi connectivity index (χ1v) is 6.83. The van der Waals surface area contributed by atoms with Gasteiger partial charge in [0.05, 0.1) is 17.3 Å². The number of nitrogens with zero attached hydrogens (tertiary/aromatic N) is 1. The van der Waals surface area contributed by atoms with E-state index in [9.17, 15) is 9.59 Å². The standard InChI is InChI=1S/C12H14BrClN2O4/c1-20-5-4-16(7-11(17)18)12(19)15-10-3-2-8(13)6-9(10)14/h2-3,6H,4-5,7H2,1H3,(H,15,19)(H,17,18). The molecule has 0 saturated carbocycles. The highest BCUT2D eigenvalue weighted by molar-refractivity contribution is 9.10. The number of amides is 2. The molecule has 0 heterocycles. The number of benzene rings is 1. The number of carboxylic acids is 1. The van der Waals surface area contributed by atoms with Crippen LogP contribution in [0.25, 0.3) is 0 Å². The summed E-state index contributed by atoms with van der Waals surface area (Å²) in [6, 6.07) is 4.43. The number of hydrogen-bond acceptors (Lipinski definition) is 3. The second-order valence-corrected chi connectivity index (χ2v) is 5.19. The quantitative estimate of drug-likeness (QED) is 0.812. The largest absolute Gasteiger partial charge is 0.480 e. The van der Waals surface area contributed by atoms with Crippen LogP contribution in [0.1, 0.15) is 0 Å². The molecule has 0 saturated heterocycles. The summed E-state index contributed by atoms with van der Waals surface area (Å²) in [5.74, 6) is -1.10. The third kappa shape index (κ3) is 5.36. The summed E-state index contributed by atoms with van der Waals surface area (Å²) >= 11 is 9.24. The number of anilines is 1. The van der Waals surface area contributed by atoms with Crippen LogP contribution in [0.4, 0.5) is 10.5 Å². The van der Waals surface area contributed by atoms with Gasteiger partial charge in [-0.15, -0.1) is 0 Å². The Morgan fingerprint density at radius 3 is 2.75 bits per heavy atom. The van der Waals surface area contributed by atoms with Crippen LogP contribution < -0.4 is 5.32 Å². The van der Waals surface area contributed by atoms with Gasteiger partial charge >= 0.3 is 12.0 Å². The topological polar surface area (TPSA) is 78.9 Å². The van der Waals surface area contributed by atoms with Gasteiger partial charge in [0.2, 0.25) is 0 Å². The van der Waals surface area contributed by atoms with Gasteiger partial charge in [0, 0.05) is 18.1 Å². The van der Waals surface area contributed by atoms with Crippen LogP contribution in [0.3, 0.4) is 0 Å². The number of carboxylic acid groups (broad SMARTS) is 1. The van der Waals surface area contributed by atoms with Crippen LogP contribution >= 0.6 is 27.5 Å². The fourth-order valence-electron chi connectivity index (χ4n) is 1.40. The second-order valence-electron chi connectivity index (χ2n) is 3.86. The van der Waals surface area contributed by atoms with Crippen molar-refractivity contribution in [1.29, 1.82) is 0 Å². The summed E-state index contributed by atoms with van der Waals surface area (Å²) in [5.41, 5.74) is 0.410. The Bertz CT molecular complexity index is 498. The Morgan fingerprint density at radius 2 is 2.20 bits per heavy atom. The van der Waals surface area contributed by atoms with E-state index in [2.05, 4.69) is 21.2 Å². The molecular weight excluding hydrogens is 351 g/mol. The summed E-state index contributed by atoms with van der Waals surface area (Å²) in [6.45, 7) is 0.000884. The third-order valence-corrected chi connectivity index (χ3v) is 3.16. The summed E-state index contributed by atoms with van der Waals surface area (Å²) in [5, 5.41) is 11.7. The molecule has 1 aromatic carbocycles. The monoisotopic (exact) mass is 364 g/mol. The summed E-state index contributed by atoms with van der Waals surface area (Å²) in [4.78, 5) is 23.9. The first-order valence-electron chi connectivity index (χ1n) is 5.65. The van der Waals surface area contributed by atoms with Gasteiger partial charge in [-0.25, -0.2) is 4.79 Å². The molecule has 0 aromatic heterocycles. The van der Waals surface area contributed by atoms with E-state index in [0.29, 0.717) is 10.7 Å². The maximum Gasteiger partial charge on any atom is 0.323 e. The molecule has 0 unspecified atom stereocenters. The van der Waals surface area contributed by atoms with Crippen LogP contribution in [0.5, 0.6) is 0 Å². The fraction of sp³-hybridized carbons (Fsp3) is 0.333. The highest BCUT2D eigenvalue weighted by Gasteiger charge is 2.17. The second kappa shape index (κ2) is 8.08.